The number of rotatable bonds is 2. The standard InChI is InChI=1S/C11H17N3O6/c15-5-7-6-20-2-1-13(7)11(19)14-4-9(16)12-3-8(14)10(17)18/h7-8,15H,1-6H2,(H,12,16)(H,17,18). The topological polar surface area (TPSA) is 119 Å². The molecule has 112 valence electrons. The molecule has 2 heterocycles. The van der Waals surface area contributed by atoms with E-state index in [4.69, 9.17) is 9.84 Å². The van der Waals surface area contributed by atoms with Crippen molar-refractivity contribution in [2.75, 3.05) is 39.5 Å². The van der Waals surface area contributed by atoms with Crippen molar-refractivity contribution < 1.29 is 29.3 Å². The van der Waals surface area contributed by atoms with Crippen LogP contribution in [-0.2, 0) is 14.3 Å². The van der Waals surface area contributed by atoms with Crippen LogP contribution in [-0.4, -0.2) is 89.5 Å². The highest BCUT2D eigenvalue weighted by Gasteiger charge is 2.39. The summed E-state index contributed by atoms with van der Waals surface area (Å²) in [5.41, 5.74) is 0. The van der Waals surface area contributed by atoms with E-state index in [0.717, 1.165) is 4.90 Å². The highest BCUT2D eigenvalue weighted by Crippen LogP contribution is 2.14. The summed E-state index contributed by atoms with van der Waals surface area (Å²) in [6.45, 7) is 0.0808. The van der Waals surface area contributed by atoms with Crippen LogP contribution in [0.3, 0.4) is 0 Å². The Morgan fingerprint density at radius 1 is 1.40 bits per heavy atom. The minimum absolute atomic E-state index is 0.117. The molecule has 2 rings (SSSR count). The molecule has 2 aliphatic heterocycles. The van der Waals surface area contributed by atoms with E-state index in [1.54, 1.807) is 0 Å². The summed E-state index contributed by atoms with van der Waals surface area (Å²) in [6, 6.07) is -2.17. The molecule has 2 fully saturated rings. The molecule has 3 N–H and O–H groups in total. The number of carbonyl (C=O) groups is 3. The highest BCUT2D eigenvalue weighted by atomic mass is 16.5. The molecule has 0 radical (unpaired) electrons. The number of urea groups is 1. The van der Waals surface area contributed by atoms with Crippen LogP contribution in [0.5, 0.6) is 0 Å². The van der Waals surface area contributed by atoms with Gasteiger partial charge in [-0.25, -0.2) is 9.59 Å². The third-order valence-electron chi connectivity index (χ3n) is 3.40. The van der Waals surface area contributed by atoms with Gasteiger partial charge in [-0.2, -0.15) is 0 Å². The van der Waals surface area contributed by atoms with Crippen molar-refractivity contribution in [3.05, 3.63) is 0 Å². The number of morpholine rings is 1. The van der Waals surface area contributed by atoms with Crippen LogP contribution in [0.15, 0.2) is 0 Å². The third kappa shape index (κ3) is 2.83. The normalized spacial score (nSPS) is 27.1. The Labute approximate surface area is 115 Å². The van der Waals surface area contributed by atoms with E-state index in [-0.39, 0.29) is 32.8 Å². The molecule has 9 nitrogen and oxygen atoms in total. The first-order valence-corrected chi connectivity index (χ1v) is 6.30. The Balaban J connectivity index is 2.15. The Hall–Kier alpha value is -1.87. The molecule has 2 unspecified atom stereocenters. The van der Waals surface area contributed by atoms with Crippen LogP contribution in [0, 0.1) is 0 Å². The number of hydrogen-bond acceptors (Lipinski definition) is 5. The molecule has 0 saturated carbocycles. The number of nitrogens with one attached hydrogen (secondary N) is 1. The van der Waals surface area contributed by atoms with Crippen molar-refractivity contribution in [2.45, 2.75) is 12.1 Å². The van der Waals surface area contributed by atoms with Gasteiger partial charge < -0.3 is 25.2 Å². The van der Waals surface area contributed by atoms with Crippen molar-refractivity contribution in [1.82, 2.24) is 15.1 Å². The number of nitrogens with zero attached hydrogens (tertiary/aromatic N) is 2. The maximum Gasteiger partial charge on any atom is 0.328 e. The summed E-state index contributed by atoms with van der Waals surface area (Å²) in [5.74, 6) is -1.57. The molecule has 0 spiro atoms. The third-order valence-corrected chi connectivity index (χ3v) is 3.40. The van der Waals surface area contributed by atoms with Gasteiger partial charge in [-0.15, -0.1) is 0 Å². The smallest absolute Gasteiger partial charge is 0.328 e. The predicted molar refractivity (Wildman–Crippen MR) is 64.9 cm³/mol. The Morgan fingerprint density at radius 3 is 2.80 bits per heavy atom. The SMILES string of the molecule is O=C1CN(C(=O)N2CCOCC2CO)C(C(=O)O)CN1. The van der Waals surface area contributed by atoms with Gasteiger partial charge in [0.05, 0.1) is 25.9 Å². The lowest BCUT2D eigenvalue weighted by molar-refractivity contribution is -0.144. The summed E-state index contributed by atoms with van der Waals surface area (Å²) >= 11 is 0. The summed E-state index contributed by atoms with van der Waals surface area (Å²) in [4.78, 5) is 37.4. The summed E-state index contributed by atoms with van der Waals surface area (Å²) in [6.07, 6.45) is 0. The zero-order valence-electron chi connectivity index (χ0n) is 10.8. The molecule has 0 bridgehead atoms. The molecule has 0 aromatic rings. The second kappa shape index (κ2) is 6.06. The average molecular weight is 287 g/mol. The zero-order chi connectivity index (χ0) is 14.7. The molecule has 9 heteroatoms. The molecule has 0 aromatic heterocycles. The lowest BCUT2D eigenvalue weighted by atomic mass is 10.2. The molecule has 2 saturated heterocycles. The summed E-state index contributed by atoms with van der Waals surface area (Å²) in [5, 5.41) is 20.8. The van der Waals surface area contributed by atoms with Gasteiger partial charge >= 0.3 is 12.0 Å². The minimum atomic E-state index is -1.17. The summed E-state index contributed by atoms with van der Waals surface area (Å²) in [7, 11) is 0. The van der Waals surface area contributed by atoms with Crippen LogP contribution in [0.2, 0.25) is 0 Å². The van der Waals surface area contributed by atoms with Crippen LogP contribution in [0.4, 0.5) is 4.79 Å². The molecule has 20 heavy (non-hydrogen) atoms. The fraction of sp³-hybridized carbons (Fsp3) is 0.727. The number of carboxylic acids is 1. The van der Waals surface area contributed by atoms with Gasteiger partial charge in [0, 0.05) is 13.1 Å². The maximum absolute atomic E-state index is 12.4. The number of hydrogen-bond donors (Lipinski definition) is 3. The monoisotopic (exact) mass is 287 g/mol. The number of piperazine rings is 1. The van der Waals surface area contributed by atoms with E-state index >= 15 is 0 Å². The van der Waals surface area contributed by atoms with Gasteiger partial charge in [0.2, 0.25) is 5.91 Å². The lowest BCUT2D eigenvalue weighted by Gasteiger charge is -2.41. The van der Waals surface area contributed by atoms with E-state index in [1.807, 2.05) is 0 Å². The molecule has 3 amide bonds. The fourth-order valence-electron chi connectivity index (χ4n) is 2.29. The van der Waals surface area contributed by atoms with Crippen LogP contribution < -0.4 is 5.32 Å². The largest absolute Gasteiger partial charge is 0.480 e. The average Bonchev–Trinajstić information content (AvgIpc) is 2.46. The van der Waals surface area contributed by atoms with Crippen molar-refractivity contribution in [2.24, 2.45) is 0 Å². The highest BCUT2D eigenvalue weighted by molar-refractivity contribution is 5.90. The van der Waals surface area contributed by atoms with Gasteiger partial charge in [0.15, 0.2) is 0 Å². The van der Waals surface area contributed by atoms with Gasteiger partial charge in [-0.1, -0.05) is 0 Å². The number of carboxylic acid groups (broad SMARTS) is 1. The van der Waals surface area contributed by atoms with E-state index < -0.39 is 30.0 Å². The van der Waals surface area contributed by atoms with Gasteiger partial charge in [-0.05, 0) is 0 Å². The molecule has 0 aromatic carbocycles. The first-order valence-electron chi connectivity index (χ1n) is 6.30. The fourth-order valence-corrected chi connectivity index (χ4v) is 2.29. The molecular formula is C11H17N3O6. The second-order valence-corrected chi connectivity index (χ2v) is 4.67. The van der Waals surface area contributed by atoms with Gasteiger partial charge in [0.1, 0.15) is 12.6 Å². The van der Waals surface area contributed by atoms with E-state index in [2.05, 4.69) is 5.32 Å². The van der Waals surface area contributed by atoms with Crippen LogP contribution in [0.1, 0.15) is 0 Å². The Morgan fingerprint density at radius 2 is 2.15 bits per heavy atom. The van der Waals surface area contributed by atoms with Crippen molar-refractivity contribution in [3.8, 4) is 0 Å². The first-order chi connectivity index (χ1) is 9.54. The Bertz CT molecular complexity index is 415. The van der Waals surface area contributed by atoms with Crippen LogP contribution >= 0.6 is 0 Å². The van der Waals surface area contributed by atoms with Crippen molar-refractivity contribution in [3.63, 3.8) is 0 Å². The van der Waals surface area contributed by atoms with E-state index in [9.17, 15) is 19.5 Å². The number of ether oxygens (including phenoxy) is 1. The van der Waals surface area contributed by atoms with Crippen LogP contribution in [0.25, 0.3) is 0 Å². The number of aliphatic hydroxyl groups is 1. The molecule has 2 atom stereocenters. The van der Waals surface area contributed by atoms with E-state index in [0.29, 0.717) is 6.61 Å². The van der Waals surface area contributed by atoms with Gasteiger partial charge in [0.25, 0.3) is 0 Å². The maximum atomic E-state index is 12.4. The number of aliphatic carboxylic acids is 1. The first kappa shape index (κ1) is 14.5. The number of aliphatic hydroxyl groups excluding tert-OH is 1. The molecule has 2 aliphatic rings. The van der Waals surface area contributed by atoms with Crippen molar-refractivity contribution >= 4 is 17.9 Å². The van der Waals surface area contributed by atoms with E-state index in [1.165, 1.54) is 4.90 Å². The zero-order valence-corrected chi connectivity index (χ0v) is 10.8. The molecule has 0 aliphatic carbocycles. The lowest BCUT2D eigenvalue weighted by Crippen LogP contribution is -2.64. The quantitative estimate of drug-likeness (QED) is 0.525. The number of carbonyl (C=O) groups excluding carboxylic acids is 2. The van der Waals surface area contributed by atoms with Crippen molar-refractivity contribution in [1.29, 1.82) is 0 Å². The van der Waals surface area contributed by atoms with Gasteiger partial charge in [-0.3, -0.25) is 9.69 Å². The Kier molecular flexibility index (Phi) is 4.40. The second-order valence-electron chi connectivity index (χ2n) is 4.67. The summed E-state index contributed by atoms with van der Waals surface area (Å²) < 4.78 is 5.17. The number of amides is 3. The predicted octanol–water partition coefficient (Wildman–Crippen LogP) is -2.32. The minimum Gasteiger partial charge on any atom is -0.480 e. The molecular weight excluding hydrogens is 270 g/mol.